The van der Waals surface area contributed by atoms with Gasteiger partial charge in [0.15, 0.2) is 0 Å². The molecular formula is C18H27ClFN. The summed E-state index contributed by atoms with van der Waals surface area (Å²) in [5, 5.41) is 4.23. The average molecular weight is 312 g/mol. The maximum Gasteiger partial charge on any atom is 0.124 e. The van der Waals surface area contributed by atoms with Crippen molar-refractivity contribution in [2.24, 2.45) is 11.8 Å². The molecule has 118 valence electrons. The van der Waals surface area contributed by atoms with Gasteiger partial charge in [-0.05, 0) is 48.9 Å². The Morgan fingerprint density at radius 3 is 2.71 bits per heavy atom. The van der Waals surface area contributed by atoms with Crippen LogP contribution in [-0.4, -0.2) is 6.54 Å². The fourth-order valence-corrected chi connectivity index (χ4v) is 4.01. The molecule has 1 aliphatic carbocycles. The van der Waals surface area contributed by atoms with E-state index in [0.717, 1.165) is 24.4 Å². The van der Waals surface area contributed by atoms with Gasteiger partial charge in [0.05, 0.1) is 0 Å². The minimum Gasteiger partial charge on any atom is -0.310 e. The SMILES string of the molecule is CCCNC(c1ccc(F)cc1Cl)C1CCCCC1CC. The van der Waals surface area contributed by atoms with Crippen molar-refractivity contribution >= 4 is 11.6 Å². The number of hydrogen-bond acceptors (Lipinski definition) is 1. The minimum atomic E-state index is -0.256. The van der Waals surface area contributed by atoms with Crippen molar-refractivity contribution in [3.05, 3.63) is 34.6 Å². The van der Waals surface area contributed by atoms with Crippen LogP contribution in [0.15, 0.2) is 18.2 Å². The van der Waals surface area contributed by atoms with Crippen molar-refractivity contribution in [2.75, 3.05) is 6.54 Å². The second-order valence-electron chi connectivity index (χ2n) is 6.21. The van der Waals surface area contributed by atoms with E-state index in [2.05, 4.69) is 19.2 Å². The molecule has 0 aromatic heterocycles. The molecule has 0 saturated heterocycles. The number of hydrogen-bond donors (Lipinski definition) is 1. The lowest BCUT2D eigenvalue weighted by Crippen LogP contribution is -2.35. The zero-order chi connectivity index (χ0) is 15.2. The van der Waals surface area contributed by atoms with E-state index < -0.39 is 0 Å². The Hall–Kier alpha value is -0.600. The van der Waals surface area contributed by atoms with Crippen LogP contribution < -0.4 is 5.32 Å². The summed E-state index contributed by atoms with van der Waals surface area (Å²) in [5.41, 5.74) is 1.07. The number of halogens is 2. The minimum absolute atomic E-state index is 0.253. The third-order valence-electron chi connectivity index (χ3n) is 4.83. The average Bonchev–Trinajstić information content (AvgIpc) is 2.49. The molecule has 0 radical (unpaired) electrons. The maximum atomic E-state index is 13.3. The van der Waals surface area contributed by atoms with Crippen molar-refractivity contribution in [1.29, 1.82) is 0 Å². The van der Waals surface area contributed by atoms with Gasteiger partial charge in [0.2, 0.25) is 0 Å². The van der Waals surface area contributed by atoms with Gasteiger partial charge in [-0.15, -0.1) is 0 Å². The molecule has 0 amide bonds. The first-order valence-corrected chi connectivity index (χ1v) is 8.73. The van der Waals surface area contributed by atoms with E-state index in [0.29, 0.717) is 10.9 Å². The first-order chi connectivity index (χ1) is 10.2. The lowest BCUT2D eigenvalue weighted by molar-refractivity contribution is 0.175. The molecular weight excluding hydrogens is 285 g/mol. The van der Waals surface area contributed by atoms with Crippen LogP contribution in [0.1, 0.15) is 64.0 Å². The number of rotatable bonds is 6. The highest BCUT2D eigenvalue weighted by Gasteiger charge is 2.32. The quantitative estimate of drug-likeness (QED) is 0.706. The van der Waals surface area contributed by atoms with Crippen molar-refractivity contribution in [3.63, 3.8) is 0 Å². The van der Waals surface area contributed by atoms with Crippen LogP contribution in [0.2, 0.25) is 5.02 Å². The summed E-state index contributed by atoms with van der Waals surface area (Å²) in [4.78, 5) is 0. The molecule has 3 unspecified atom stereocenters. The molecule has 0 bridgehead atoms. The van der Waals surface area contributed by atoms with Crippen LogP contribution in [0.5, 0.6) is 0 Å². The van der Waals surface area contributed by atoms with Crippen LogP contribution in [0.4, 0.5) is 4.39 Å². The van der Waals surface area contributed by atoms with E-state index in [1.54, 1.807) is 0 Å². The Morgan fingerprint density at radius 1 is 1.29 bits per heavy atom. The van der Waals surface area contributed by atoms with E-state index in [1.807, 2.05) is 6.07 Å². The zero-order valence-electron chi connectivity index (χ0n) is 13.2. The van der Waals surface area contributed by atoms with Crippen LogP contribution in [-0.2, 0) is 0 Å². The monoisotopic (exact) mass is 311 g/mol. The van der Waals surface area contributed by atoms with Crippen LogP contribution >= 0.6 is 11.6 Å². The van der Waals surface area contributed by atoms with Gasteiger partial charge >= 0.3 is 0 Å². The molecule has 1 aromatic rings. The molecule has 2 rings (SSSR count). The van der Waals surface area contributed by atoms with Crippen molar-refractivity contribution in [3.8, 4) is 0 Å². The van der Waals surface area contributed by atoms with Gasteiger partial charge < -0.3 is 5.32 Å². The maximum absolute atomic E-state index is 13.3. The number of benzene rings is 1. The third kappa shape index (κ3) is 4.20. The van der Waals surface area contributed by atoms with Gasteiger partial charge in [0, 0.05) is 11.1 Å². The normalized spacial score (nSPS) is 24.0. The Morgan fingerprint density at radius 2 is 2.05 bits per heavy atom. The summed E-state index contributed by atoms with van der Waals surface area (Å²) in [7, 11) is 0. The summed E-state index contributed by atoms with van der Waals surface area (Å²) in [6, 6.07) is 5.10. The Labute approximate surface area is 133 Å². The first kappa shape index (κ1) is 16.8. The van der Waals surface area contributed by atoms with E-state index in [-0.39, 0.29) is 11.9 Å². The second kappa shape index (κ2) is 8.14. The predicted molar refractivity (Wildman–Crippen MR) is 88.2 cm³/mol. The van der Waals surface area contributed by atoms with Crippen molar-refractivity contribution in [1.82, 2.24) is 5.32 Å². The van der Waals surface area contributed by atoms with E-state index in [1.165, 1.54) is 44.2 Å². The Kier molecular flexibility index (Phi) is 6.50. The zero-order valence-corrected chi connectivity index (χ0v) is 13.9. The van der Waals surface area contributed by atoms with Gasteiger partial charge in [-0.1, -0.05) is 57.2 Å². The van der Waals surface area contributed by atoms with Crippen LogP contribution in [0, 0.1) is 17.7 Å². The first-order valence-electron chi connectivity index (χ1n) is 8.35. The number of nitrogens with one attached hydrogen (secondary N) is 1. The van der Waals surface area contributed by atoms with E-state index in [4.69, 9.17) is 11.6 Å². The molecule has 0 heterocycles. The summed E-state index contributed by atoms with van der Waals surface area (Å²) < 4.78 is 13.3. The van der Waals surface area contributed by atoms with Crippen LogP contribution in [0.3, 0.4) is 0 Å². The van der Waals surface area contributed by atoms with Gasteiger partial charge in [-0.3, -0.25) is 0 Å². The van der Waals surface area contributed by atoms with Gasteiger partial charge in [0.25, 0.3) is 0 Å². The molecule has 1 saturated carbocycles. The van der Waals surface area contributed by atoms with Gasteiger partial charge in [0.1, 0.15) is 5.82 Å². The Balaban J connectivity index is 2.27. The highest BCUT2D eigenvalue weighted by Crippen LogP contribution is 2.42. The Bertz CT molecular complexity index is 449. The third-order valence-corrected chi connectivity index (χ3v) is 5.16. The molecule has 3 heteroatoms. The molecule has 1 fully saturated rings. The summed E-state index contributed by atoms with van der Waals surface area (Å²) in [6.07, 6.45) is 7.50. The summed E-state index contributed by atoms with van der Waals surface area (Å²) in [5.74, 6) is 1.10. The fourth-order valence-electron chi connectivity index (χ4n) is 3.73. The van der Waals surface area contributed by atoms with Gasteiger partial charge in [-0.25, -0.2) is 4.39 Å². The summed E-state index contributed by atoms with van der Waals surface area (Å²) >= 11 is 6.33. The van der Waals surface area contributed by atoms with E-state index in [9.17, 15) is 4.39 Å². The fraction of sp³-hybridized carbons (Fsp3) is 0.667. The lowest BCUT2D eigenvalue weighted by atomic mass is 9.72. The van der Waals surface area contributed by atoms with Crippen molar-refractivity contribution < 1.29 is 4.39 Å². The lowest BCUT2D eigenvalue weighted by Gasteiger charge is -2.38. The van der Waals surface area contributed by atoms with Gasteiger partial charge in [-0.2, -0.15) is 0 Å². The standard InChI is InChI=1S/C18H27ClFN/c1-3-11-21-18(15-8-6-5-7-13(15)4-2)16-10-9-14(20)12-17(16)19/h9-10,12-13,15,18,21H,3-8,11H2,1-2H3. The smallest absolute Gasteiger partial charge is 0.124 e. The highest BCUT2D eigenvalue weighted by atomic mass is 35.5. The molecule has 0 aliphatic heterocycles. The topological polar surface area (TPSA) is 12.0 Å². The van der Waals surface area contributed by atoms with Crippen molar-refractivity contribution in [2.45, 2.75) is 58.4 Å². The second-order valence-corrected chi connectivity index (χ2v) is 6.62. The van der Waals surface area contributed by atoms with Crippen LogP contribution in [0.25, 0.3) is 0 Å². The molecule has 21 heavy (non-hydrogen) atoms. The molecule has 1 nitrogen and oxygen atoms in total. The molecule has 1 aliphatic rings. The molecule has 0 spiro atoms. The predicted octanol–water partition coefficient (Wildman–Crippen LogP) is 5.74. The van der Waals surface area contributed by atoms with E-state index >= 15 is 0 Å². The molecule has 1 aromatic carbocycles. The largest absolute Gasteiger partial charge is 0.310 e. The molecule has 1 N–H and O–H groups in total. The highest BCUT2D eigenvalue weighted by molar-refractivity contribution is 6.31. The molecule has 3 atom stereocenters. The summed E-state index contributed by atoms with van der Waals surface area (Å²) in [6.45, 7) is 5.44.